The maximum Gasteiger partial charge on any atom is 0.411 e. The molecule has 0 atom stereocenters. The van der Waals surface area contributed by atoms with Gasteiger partial charge >= 0.3 is 12.1 Å². The van der Waals surface area contributed by atoms with Crippen LogP contribution in [-0.4, -0.2) is 47.7 Å². The Morgan fingerprint density at radius 3 is 2.26 bits per heavy atom. The summed E-state index contributed by atoms with van der Waals surface area (Å²) in [6.45, 7) is 0.332. The molecular weight excluding hydrogens is 471 g/mol. The Kier molecular flexibility index (Phi) is 7.67. The zero-order valence-corrected chi connectivity index (χ0v) is 19.4. The molecule has 180 valence electrons. The van der Waals surface area contributed by atoms with Gasteiger partial charge in [-0.1, -0.05) is 48.5 Å². The van der Waals surface area contributed by atoms with Crippen molar-refractivity contribution in [1.29, 1.82) is 0 Å². The Labute approximate surface area is 205 Å². The summed E-state index contributed by atoms with van der Waals surface area (Å²) < 4.78 is 19.9. The first kappa shape index (κ1) is 24.3. The maximum absolute atomic E-state index is 14.5. The molecule has 9 heteroatoms. The molecule has 0 saturated heterocycles. The van der Waals surface area contributed by atoms with Gasteiger partial charge in [-0.15, -0.1) is 11.8 Å². The van der Waals surface area contributed by atoms with Crippen molar-refractivity contribution in [3.8, 4) is 11.1 Å². The number of thioether (sulfide) groups is 1. The molecule has 3 aromatic rings. The smallest absolute Gasteiger partial charge is 0.411 e. The number of rotatable bonds is 9. The monoisotopic (exact) mass is 494 g/mol. The van der Waals surface area contributed by atoms with Gasteiger partial charge in [-0.2, -0.15) is 0 Å². The summed E-state index contributed by atoms with van der Waals surface area (Å²) in [6.07, 6.45) is -0.723. The van der Waals surface area contributed by atoms with E-state index >= 15 is 0 Å². The van der Waals surface area contributed by atoms with Crippen molar-refractivity contribution in [2.75, 3.05) is 30.0 Å². The molecule has 0 radical (unpaired) electrons. The number of anilines is 1. The third kappa shape index (κ3) is 5.81. The molecule has 0 bridgehead atoms. The Morgan fingerprint density at radius 1 is 0.971 bits per heavy atom. The van der Waals surface area contributed by atoms with Gasteiger partial charge in [-0.25, -0.2) is 9.18 Å². The zero-order chi connectivity index (χ0) is 24.8. The fraction of sp³-hybridized carbons (Fsp3) is 0.192. The molecule has 0 heterocycles. The largest absolute Gasteiger partial charge is 0.481 e. The van der Waals surface area contributed by atoms with Gasteiger partial charge in [-0.05, 0) is 40.5 Å². The number of halogens is 1. The molecule has 1 aliphatic rings. The van der Waals surface area contributed by atoms with Crippen LogP contribution >= 0.6 is 11.8 Å². The van der Waals surface area contributed by atoms with Crippen LogP contribution in [0.15, 0.2) is 66.7 Å². The Morgan fingerprint density at radius 2 is 1.63 bits per heavy atom. The van der Waals surface area contributed by atoms with Gasteiger partial charge in [-0.3, -0.25) is 14.9 Å². The van der Waals surface area contributed by atoms with Crippen molar-refractivity contribution in [2.24, 2.45) is 0 Å². The number of hydrogen-bond donors (Lipinski definition) is 3. The summed E-state index contributed by atoms with van der Waals surface area (Å²) in [5.74, 6) is -2.12. The number of ether oxygens (including phenoxy) is 1. The molecule has 35 heavy (non-hydrogen) atoms. The number of amides is 2. The highest BCUT2D eigenvalue weighted by Gasteiger charge is 2.29. The van der Waals surface area contributed by atoms with Crippen molar-refractivity contribution in [2.45, 2.75) is 5.92 Å². The molecule has 0 fully saturated rings. The van der Waals surface area contributed by atoms with E-state index in [9.17, 15) is 18.8 Å². The fourth-order valence-corrected chi connectivity index (χ4v) is 4.59. The lowest BCUT2D eigenvalue weighted by atomic mass is 9.98. The molecule has 7 nitrogen and oxygen atoms in total. The minimum absolute atomic E-state index is 0.0690. The lowest BCUT2D eigenvalue weighted by molar-refractivity contribution is -0.133. The second kappa shape index (κ2) is 11.1. The van der Waals surface area contributed by atoms with Crippen LogP contribution in [0.25, 0.3) is 11.1 Å². The van der Waals surface area contributed by atoms with Crippen molar-refractivity contribution in [3.63, 3.8) is 0 Å². The third-order valence-corrected chi connectivity index (χ3v) is 6.51. The Bertz CT molecular complexity index is 1220. The van der Waals surface area contributed by atoms with Gasteiger partial charge in [0.15, 0.2) is 0 Å². The van der Waals surface area contributed by atoms with E-state index in [2.05, 4.69) is 10.6 Å². The molecule has 3 N–H and O–H groups in total. The minimum Gasteiger partial charge on any atom is -0.481 e. The summed E-state index contributed by atoms with van der Waals surface area (Å²) >= 11 is 1.15. The summed E-state index contributed by atoms with van der Waals surface area (Å²) in [5, 5.41) is 13.6. The zero-order valence-electron chi connectivity index (χ0n) is 18.6. The van der Waals surface area contributed by atoms with E-state index in [0.717, 1.165) is 40.1 Å². The van der Waals surface area contributed by atoms with Crippen LogP contribution in [0.1, 0.15) is 27.4 Å². The summed E-state index contributed by atoms with van der Waals surface area (Å²) in [4.78, 5) is 35.0. The number of fused-ring (bicyclic) bond motifs is 3. The van der Waals surface area contributed by atoms with Gasteiger partial charge in [0.05, 0.1) is 11.3 Å². The number of benzene rings is 3. The van der Waals surface area contributed by atoms with Gasteiger partial charge in [0.1, 0.15) is 12.4 Å². The standard InChI is InChI=1S/C26H23FN2O5S/c27-23-13-16(9-10-21(23)25(32)28-11-12-35-15-24(30)31)29-26(33)34-14-22-19-7-3-1-5-17(19)18-6-2-4-8-20(18)22/h1-10,13,22H,11-12,14-15H2,(H,28,32)(H,29,33)(H,30,31). The normalized spacial score (nSPS) is 11.9. The summed E-state index contributed by atoms with van der Waals surface area (Å²) in [7, 11) is 0. The number of hydrogen-bond acceptors (Lipinski definition) is 5. The van der Waals surface area contributed by atoms with Crippen molar-refractivity contribution in [1.82, 2.24) is 5.32 Å². The van der Waals surface area contributed by atoms with Crippen molar-refractivity contribution in [3.05, 3.63) is 89.2 Å². The SMILES string of the molecule is O=C(O)CSCCNC(=O)c1ccc(NC(=O)OCC2c3ccccc3-c3ccccc32)cc1F. The highest BCUT2D eigenvalue weighted by Crippen LogP contribution is 2.44. The van der Waals surface area contributed by atoms with E-state index in [4.69, 9.17) is 9.84 Å². The number of carboxylic acid groups (broad SMARTS) is 1. The molecule has 1 aliphatic carbocycles. The highest BCUT2D eigenvalue weighted by atomic mass is 32.2. The third-order valence-electron chi connectivity index (χ3n) is 5.56. The summed E-state index contributed by atoms with van der Waals surface area (Å²) in [5.41, 5.74) is 4.40. The lowest BCUT2D eigenvalue weighted by Gasteiger charge is -2.15. The quantitative estimate of drug-likeness (QED) is 0.372. The molecule has 4 rings (SSSR count). The van der Waals surface area contributed by atoms with E-state index in [1.807, 2.05) is 48.5 Å². The average molecular weight is 495 g/mol. The molecule has 0 aliphatic heterocycles. The van der Waals surface area contributed by atoms with E-state index in [1.165, 1.54) is 12.1 Å². The van der Waals surface area contributed by atoms with Crippen molar-refractivity contribution >= 4 is 35.4 Å². The van der Waals surface area contributed by atoms with Crippen LogP contribution in [-0.2, 0) is 9.53 Å². The van der Waals surface area contributed by atoms with E-state index in [0.29, 0.717) is 5.75 Å². The maximum atomic E-state index is 14.5. The molecule has 0 spiro atoms. The molecular formula is C26H23FN2O5S. The number of carbonyl (C=O) groups excluding carboxylic acids is 2. The Hall–Kier alpha value is -3.85. The number of aliphatic carboxylic acids is 1. The van der Waals surface area contributed by atoms with Crippen LogP contribution in [0.4, 0.5) is 14.9 Å². The number of carbonyl (C=O) groups is 3. The first-order valence-electron chi connectivity index (χ1n) is 10.9. The second-order valence-corrected chi connectivity index (χ2v) is 8.95. The van der Waals surface area contributed by atoms with Crippen LogP contribution in [0.5, 0.6) is 0 Å². The topological polar surface area (TPSA) is 105 Å². The van der Waals surface area contributed by atoms with E-state index < -0.39 is 23.8 Å². The number of carboxylic acids is 1. The predicted molar refractivity (Wildman–Crippen MR) is 132 cm³/mol. The van der Waals surface area contributed by atoms with Crippen LogP contribution in [0, 0.1) is 5.82 Å². The molecule has 0 unspecified atom stereocenters. The Balaban J connectivity index is 1.32. The van der Waals surface area contributed by atoms with Crippen LogP contribution in [0.3, 0.4) is 0 Å². The lowest BCUT2D eigenvalue weighted by Crippen LogP contribution is -2.27. The van der Waals surface area contributed by atoms with Crippen LogP contribution < -0.4 is 10.6 Å². The van der Waals surface area contributed by atoms with E-state index in [-0.39, 0.29) is 36.1 Å². The highest BCUT2D eigenvalue weighted by molar-refractivity contribution is 7.99. The molecule has 2 amide bonds. The van der Waals surface area contributed by atoms with Crippen LogP contribution in [0.2, 0.25) is 0 Å². The molecule has 0 saturated carbocycles. The summed E-state index contributed by atoms with van der Waals surface area (Å²) in [6, 6.07) is 19.7. The first-order valence-corrected chi connectivity index (χ1v) is 12.1. The van der Waals surface area contributed by atoms with Gasteiger partial charge in [0.2, 0.25) is 0 Å². The van der Waals surface area contributed by atoms with Gasteiger partial charge in [0, 0.05) is 23.9 Å². The van der Waals surface area contributed by atoms with Crippen molar-refractivity contribution < 1.29 is 28.6 Å². The first-order chi connectivity index (χ1) is 16.9. The average Bonchev–Trinajstić information content (AvgIpc) is 3.16. The van der Waals surface area contributed by atoms with Gasteiger partial charge < -0.3 is 15.2 Å². The molecule has 3 aromatic carbocycles. The van der Waals surface area contributed by atoms with Gasteiger partial charge in [0.25, 0.3) is 5.91 Å². The van der Waals surface area contributed by atoms with E-state index in [1.54, 1.807) is 0 Å². The minimum atomic E-state index is -0.938. The number of nitrogens with one attached hydrogen (secondary N) is 2. The fourth-order valence-electron chi connectivity index (χ4n) is 4.02. The molecule has 0 aromatic heterocycles. The predicted octanol–water partition coefficient (Wildman–Crippen LogP) is 4.73. The second-order valence-electron chi connectivity index (χ2n) is 7.85.